The Morgan fingerprint density at radius 1 is 1.58 bits per heavy atom. The monoisotopic (exact) mass is 162 g/mol. The minimum atomic E-state index is 0.734. The van der Waals surface area contributed by atoms with Crippen molar-refractivity contribution in [3.63, 3.8) is 0 Å². The Morgan fingerprint density at radius 3 is 2.92 bits per heavy atom. The van der Waals surface area contributed by atoms with E-state index in [0.29, 0.717) is 0 Å². The highest BCUT2D eigenvalue weighted by Crippen LogP contribution is 2.11. The molecule has 0 fully saturated rings. The molecule has 12 heavy (non-hydrogen) atoms. The molecule has 62 valence electrons. The molecule has 0 aliphatic carbocycles. The van der Waals surface area contributed by atoms with Crippen molar-refractivity contribution in [1.82, 2.24) is 14.5 Å². The second kappa shape index (κ2) is 2.41. The van der Waals surface area contributed by atoms with Gasteiger partial charge in [-0.05, 0) is 6.92 Å². The van der Waals surface area contributed by atoms with Crippen LogP contribution in [0.25, 0.3) is 5.82 Å². The standard InChI is InChI=1S/C8H10N4/c1-6-10-2-3-12(6)8-4-7(9)5-11-8/h2-5,11H,9H2,1H3. The molecule has 2 aromatic heterocycles. The van der Waals surface area contributed by atoms with E-state index in [1.54, 1.807) is 12.4 Å². The van der Waals surface area contributed by atoms with Crippen LogP contribution >= 0.6 is 0 Å². The highest BCUT2D eigenvalue weighted by molar-refractivity contribution is 5.44. The lowest BCUT2D eigenvalue weighted by molar-refractivity contribution is 0.944. The molecule has 2 heterocycles. The molecule has 2 rings (SSSR count). The lowest BCUT2D eigenvalue weighted by Gasteiger charge is -1.98. The Morgan fingerprint density at radius 2 is 2.42 bits per heavy atom. The van der Waals surface area contributed by atoms with Crippen molar-refractivity contribution in [1.29, 1.82) is 0 Å². The van der Waals surface area contributed by atoms with Crippen LogP contribution in [-0.4, -0.2) is 14.5 Å². The lowest BCUT2D eigenvalue weighted by atomic mass is 10.5. The van der Waals surface area contributed by atoms with Gasteiger partial charge in [0, 0.05) is 24.7 Å². The van der Waals surface area contributed by atoms with E-state index in [-0.39, 0.29) is 0 Å². The third kappa shape index (κ3) is 0.972. The molecule has 0 aliphatic rings. The number of anilines is 1. The number of aromatic amines is 1. The summed E-state index contributed by atoms with van der Waals surface area (Å²) in [6.45, 7) is 1.94. The predicted octanol–water partition coefficient (Wildman–Crippen LogP) is 1.09. The fourth-order valence-corrected chi connectivity index (χ4v) is 1.17. The summed E-state index contributed by atoms with van der Waals surface area (Å²) < 4.78 is 1.94. The van der Waals surface area contributed by atoms with Gasteiger partial charge in [0.15, 0.2) is 0 Å². The van der Waals surface area contributed by atoms with Gasteiger partial charge in [-0.25, -0.2) is 4.98 Å². The van der Waals surface area contributed by atoms with Crippen LogP contribution in [0, 0.1) is 6.92 Å². The average Bonchev–Trinajstić information content (AvgIpc) is 2.58. The van der Waals surface area contributed by atoms with Crippen LogP contribution in [0.15, 0.2) is 24.7 Å². The molecule has 0 bridgehead atoms. The summed E-state index contributed by atoms with van der Waals surface area (Å²) in [6, 6.07) is 1.87. The van der Waals surface area contributed by atoms with Gasteiger partial charge in [0.05, 0.1) is 5.69 Å². The van der Waals surface area contributed by atoms with E-state index in [9.17, 15) is 0 Å². The smallest absolute Gasteiger partial charge is 0.117 e. The van der Waals surface area contributed by atoms with Crippen molar-refractivity contribution < 1.29 is 0 Å². The fourth-order valence-electron chi connectivity index (χ4n) is 1.17. The number of nitrogens with zero attached hydrogens (tertiary/aromatic N) is 2. The molecule has 3 N–H and O–H groups in total. The van der Waals surface area contributed by atoms with Gasteiger partial charge in [-0.15, -0.1) is 0 Å². The SMILES string of the molecule is Cc1nccn1-c1cc(N)c[nH]1. The van der Waals surface area contributed by atoms with Gasteiger partial charge in [-0.3, -0.25) is 4.57 Å². The number of nitrogens with one attached hydrogen (secondary N) is 1. The van der Waals surface area contributed by atoms with Crippen molar-refractivity contribution >= 4 is 5.69 Å². The van der Waals surface area contributed by atoms with E-state index in [4.69, 9.17) is 5.73 Å². The van der Waals surface area contributed by atoms with Crippen LogP contribution in [0.4, 0.5) is 5.69 Å². The summed E-state index contributed by atoms with van der Waals surface area (Å²) in [5.41, 5.74) is 6.30. The molecular weight excluding hydrogens is 152 g/mol. The molecule has 4 nitrogen and oxygen atoms in total. The van der Waals surface area contributed by atoms with Crippen molar-refractivity contribution in [2.45, 2.75) is 6.92 Å². The number of nitrogen functional groups attached to an aromatic ring is 1. The fraction of sp³-hybridized carbons (Fsp3) is 0.125. The van der Waals surface area contributed by atoms with Gasteiger partial charge >= 0.3 is 0 Å². The molecule has 0 unspecified atom stereocenters. The topological polar surface area (TPSA) is 59.6 Å². The Bertz CT molecular complexity index is 385. The number of aromatic nitrogens is 3. The van der Waals surface area contributed by atoms with Crippen LogP contribution < -0.4 is 5.73 Å². The molecule has 0 saturated heterocycles. The Balaban J connectivity index is 2.50. The van der Waals surface area contributed by atoms with E-state index in [1.807, 2.05) is 23.8 Å². The van der Waals surface area contributed by atoms with Gasteiger partial charge in [0.1, 0.15) is 11.6 Å². The van der Waals surface area contributed by atoms with Gasteiger partial charge in [0.2, 0.25) is 0 Å². The quantitative estimate of drug-likeness (QED) is 0.659. The lowest BCUT2D eigenvalue weighted by Crippen LogP contribution is -1.94. The molecule has 0 saturated carbocycles. The van der Waals surface area contributed by atoms with Gasteiger partial charge < -0.3 is 10.7 Å². The highest BCUT2D eigenvalue weighted by Gasteiger charge is 2.00. The first kappa shape index (κ1) is 6.97. The van der Waals surface area contributed by atoms with Crippen LogP contribution in [0.2, 0.25) is 0 Å². The molecule has 2 aromatic rings. The summed E-state index contributed by atoms with van der Waals surface area (Å²) in [4.78, 5) is 7.15. The third-order valence-corrected chi connectivity index (χ3v) is 1.78. The normalized spacial score (nSPS) is 10.4. The molecule has 0 spiro atoms. The van der Waals surface area contributed by atoms with Gasteiger partial charge in [-0.1, -0.05) is 0 Å². The summed E-state index contributed by atoms with van der Waals surface area (Å²) in [7, 11) is 0. The summed E-state index contributed by atoms with van der Waals surface area (Å²) >= 11 is 0. The van der Waals surface area contributed by atoms with E-state index >= 15 is 0 Å². The number of hydrogen-bond donors (Lipinski definition) is 2. The molecule has 0 atom stereocenters. The Kier molecular flexibility index (Phi) is 1.40. The maximum absolute atomic E-state index is 5.57. The first-order valence-corrected chi connectivity index (χ1v) is 3.71. The number of imidazole rings is 1. The number of hydrogen-bond acceptors (Lipinski definition) is 2. The summed E-state index contributed by atoms with van der Waals surface area (Å²) in [5, 5.41) is 0. The molecule has 4 heteroatoms. The molecule has 0 aliphatic heterocycles. The molecule has 0 amide bonds. The minimum Gasteiger partial charge on any atom is -0.397 e. The largest absolute Gasteiger partial charge is 0.397 e. The number of H-pyrrole nitrogens is 1. The van der Waals surface area contributed by atoms with E-state index in [1.165, 1.54) is 0 Å². The van der Waals surface area contributed by atoms with E-state index in [0.717, 1.165) is 17.3 Å². The zero-order valence-electron chi connectivity index (χ0n) is 6.78. The molecule has 0 radical (unpaired) electrons. The Hall–Kier alpha value is -1.71. The second-order valence-electron chi connectivity index (χ2n) is 2.66. The highest BCUT2D eigenvalue weighted by atomic mass is 15.1. The third-order valence-electron chi connectivity index (χ3n) is 1.78. The summed E-state index contributed by atoms with van der Waals surface area (Å²) in [6.07, 6.45) is 5.40. The van der Waals surface area contributed by atoms with E-state index < -0.39 is 0 Å². The predicted molar refractivity (Wildman–Crippen MR) is 47.1 cm³/mol. The first-order valence-electron chi connectivity index (χ1n) is 3.71. The number of nitrogens with two attached hydrogens (primary N) is 1. The van der Waals surface area contributed by atoms with E-state index in [2.05, 4.69) is 9.97 Å². The minimum absolute atomic E-state index is 0.734. The number of rotatable bonds is 1. The van der Waals surface area contributed by atoms with Gasteiger partial charge in [0.25, 0.3) is 0 Å². The zero-order chi connectivity index (χ0) is 8.55. The van der Waals surface area contributed by atoms with Crippen molar-refractivity contribution in [3.8, 4) is 5.82 Å². The molecule has 0 aromatic carbocycles. The Labute approximate surface area is 70.0 Å². The van der Waals surface area contributed by atoms with Crippen LogP contribution in [0.1, 0.15) is 5.82 Å². The van der Waals surface area contributed by atoms with Crippen molar-refractivity contribution in [2.24, 2.45) is 0 Å². The summed E-state index contributed by atoms with van der Waals surface area (Å²) in [5.74, 6) is 1.89. The first-order chi connectivity index (χ1) is 5.77. The zero-order valence-corrected chi connectivity index (χ0v) is 6.78. The van der Waals surface area contributed by atoms with Crippen molar-refractivity contribution in [3.05, 3.63) is 30.5 Å². The van der Waals surface area contributed by atoms with Gasteiger partial charge in [-0.2, -0.15) is 0 Å². The maximum atomic E-state index is 5.57. The second-order valence-corrected chi connectivity index (χ2v) is 2.66. The number of aryl methyl sites for hydroxylation is 1. The average molecular weight is 162 g/mol. The maximum Gasteiger partial charge on any atom is 0.117 e. The molecular formula is C8H10N4. The van der Waals surface area contributed by atoms with Crippen LogP contribution in [0.5, 0.6) is 0 Å². The van der Waals surface area contributed by atoms with Crippen LogP contribution in [0.3, 0.4) is 0 Å². The van der Waals surface area contributed by atoms with Crippen LogP contribution in [-0.2, 0) is 0 Å². The van der Waals surface area contributed by atoms with Crippen molar-refractivity contribution in [2.75, 3.05) is 5.73 Å².